The first-order chi connectivity index (χ1) is 12.2. The van der Waals surface area contributed by atoms with Crippen LogP contribution in [0, 0.1) is 6.92 Å². The number of carbonyl (C=O) groups is 1. The highest BCUT2D eigenvalue weighted by atomic mass is 16.5. The first-order valence-electron chi connectivity index (χ1n) is 8.96. The lowest BCUT2D eigenvalue weighted by Crippen LogP contribution is -2.26. The predicted octanol–water partition coefficient (Wildman–Crippen LogP) is 3.31. The van der Waals surface area contributed by atoms with Crippen LogP contribution in [0.5, 0.6) is 5.75 Å². The number of aromatic nitrogens is 2. The third-order valence-electron chi connectivity index (χ3n) is 5.27. The van der Waals surface area contributed by atoms with E-state index in [9.17, 15) is 4.79 Å². The Morgan fingerprint density at radius 3 is 2.64 bits per heavy atom. The Morgan fingerprint density at radius 1 is 1.12 bits per heavy atom. The van der Waals surface area contributed by atoms with Crippen LogP contribution in [0.4, 0.5) is 5.95 Å². The fourth-order valence-corrected chi connectivity index (χ4v) is 4.04. The highest BCUT2D eigenvalue weighted by Gasteiger charge is 2.32. The molecule has 5 heteroatoms. The first kappa shape index (κ1) is 16.1. The highest BCUT2D eigenvalue weighted by molar-refractivity contribution is 5.99. The minimum atomic E-state index is 0.108. The van der Waals surface area contributed by atoms with Gasteiger partial charge >= 0.3 is 0 Å². The Kier molecular flexibility index (Phi) is 4.15. The number of fused-ring (bicyclic) bond motifs is 1. The van der Waals surface area contributed by atoms with E-state index in [-0.39, 0.29) is 11.7 Å². The number of anilines is 1. The molecule has 1 aromatic carbocycles. The number of methoxy groups -OCH3 is 1. The zero-order chi connectivity index (χ0) is 17.4. The molecule has 5 nitrogen and oxygen atoms in total. The maximum Gasteiger partial charge on any atom is 0.225 e. The van der Waals surface area contributed by atoms with Gasteiger partial charge in [0, 0.05) is 25.4 Å². The van der Waals surface area contributed by atoms with Gasteiger partial charge in [0.05, 0.1) is 24.1 Å². The second-order valence-corrected chi connectivity index (χ2v) is 6.90. The van der Waals surface area contributed by atoms with E-state index >= 15 is 0 Å². The summed E-state index contributed by atoms with van der Waals surface area (Å²) in [7, 11) is 1.68. The summed E-state index contributed by atoms with van der Waals surface area (Å²) in [6.45, 7) is 3.94. The molecule has 1 fully saturated rings. The van der Waals surface area contributed by atoms with Gasteiger partial charge in [-0.25, -0.2) is 9.97 Å². The number of aryl methyl sites for hydroxylation is 1. The van der Waals surface area contributed by atoms with E-state index < -0.39 is 0 Å². The lowest BCUT2D eigenvalue weighted by molar-refractivity contribution is 0.0961. The Balaban J connectivity index is 1.72. The van der Waals surface area contributed by atoms with Crippen LogP contribution < -0.4 is 9.64 Å². The van der Waals surface area contributed by atoms with Crippen molar-refractivity contribution in [2.45, 2.75) is 38.5 Å². The molecule has 0 amide bonds. The summed E-state index contributed by atoms with van der Waals surface area (Å²) >= 11 is 0. The van der Waals surface area contributed by atoms with Crippen molar-refractivity contribution in [3.63, 3.8) is 0 Å². The lowest BCUT2D eigenvalue weighted by atomic mass is 9.81. The zero-order valence-electron chi connectivity index (χ0n) is 14.8. The first-order valence-corrected chi connectivity index (χ1v) is 8.96. The van der Waals surface area contributed by atoms with Gasteiger partial charge in [-0.2, -0.15) is 0 Å². The van der Waals surface area contributed by atoms with Gasteiger partial charge in [-0.1, -0.05) is 18.2 Å². The van der Waals surface area contributed by atoms with Crippen LogP contribution in [0.25, 0.3) is 0 Å². The number of rotatable bonds is 3. The largest absolute Gasteiger partial charge is 0.496 e. The van der Waals surface area contributed by atoms with Gasteiger partial charge in [0.15, 0.2) is 5.78 Å². The van der Waals surface area contributed by atoms with Crippen LogP contribution in [0.15, 0.2) is 24.3 Å². The maximum atomic E-state index is 12.8. The monoisotopic (exact) mass is 337 g/mol. The van der Waals surface area contributed by atoms with Crippen molar-refractivity contribution in [3.8, 4) is 5.75 Å². The normalized spacial score (nSPS) is 19.8. The van der Waals surface area contributed by atoms with Crippen LogP contribution in [-0.4, -0.2) is 36.0 Å². The quantitative estimate of drug-likeness (QED) is 0.860. The average molecular weight is 337 g/mol. The minimum Gasteiger partial charge on any atom is -0.496 e. The Hall–Kier alpha value is -2.43. The van der Waals surface area contributed by atoms with E-state index in [1.54, 1.807) is 7.11 Å². The molecule has 0 saturated carbocycles. The summed E-state index contributed by atoms with van der Waals surface area (Å²) in [5.41, 5.74) is 3.52. The number of para-hydroxylation sites is 1. The summed E-state index contributed by atoms with van der Waals surface area (Å²) in [4.78, 5) is 24.4. The van der Waals surface area contributed by atoms with Crippen LogP contribution in [0.3, 0.4) is 0 Å². The molecule has 25 heavy (non-hydrogen) atoms. The van der Waals surface area contributed by atoms with Crippen LogP contribution >= 0.6 is 0 Å². The number of benzene rings is 1. The molecule has 2 heterocycles. The van der Waals surface area contributed by atoms with Crippen molar-refractivity contribution in [3.05, 3.63) is 46.8 Å². The van der Waals surface area contributed by atoms with E-state index in [1.165, 1.54) is 12.8 Å². The van der Waals surface area contributed by atoms with E-state index in [0.717, 1.165) is 53.7 Å². The second kappa shape index (κ2) is 6.47. The number of carbonyl (C=O) groups excluding carboxylic acids is 1. The molecular weight excluding hydrogens is 314 g/mol. The Morgan fingerprint density at radius 2 is 1.88 bits per heavy atom. The topological polar surface area (TPSA) is 55.3 Å². The molecule has 0 unspecified atom stereocenters. The summed E-state index contributed by atoms with van der Waals surface area (Å²) in [6.07, 6.45) is 3.61. The SMILES string of the molecule is COc1ccccc1[C@H]1CC(=O)c2c(C)nc(N3CCCC3)nc2C1. The molecule has 0 N–H and O–H groups in total. The smallest absolute Gasteiger partial charge is 0.225 e. The van der Waals surface area contributed by atoms with Crippen molar-refractivity contribution in [1.82, 2.24) is 9.97 Å². The van der Waals surface area contributed by atoms with Crippen molar-refractivity contribution < 1.29 is 9.53 Å². The van der Waals surface area contributed by atoms with Gasteiger partial charge < -0.3 is 9.64 Å². The van der Waals surface area contributed by atoms with Gasteiger partial charge in [-0.05, 0) is 37.8 Å². The standard InChI is InChI=1S/C20H23N3O2/c1-13-19-16(22-20(21-13)23-9-5-6-10-23)11-14(12-17(19)24)15-7-3-4-8-18(15)25-2/h3-4,7-8,14H,5-6,9-12H2,1-2H3/t14-/m1/s1. The Bertz CT molecular complexity index is 813. The fourth-order valence-electron chi connectivity index (χ4n) is 4.04. The van der Waals surface area contributed by atoms with E-state index in [2.05, 4.69) is 16.0 Å². The summed E-state index contributed by atoms with van der Waals surface area (Å²) in [6, 6.07) is 7.96. The molecular formula is C20H23N3O2. The third kappa shape index (κ3) is 2.88. The molecule has 2 aromatic rings. The number of nitrogens with zero attached hydrogens (tertiary/aromatic N) is 3. The third-order valence-corrected chi connectivity index (χ3v) is 5.27. The van der Waals surface area contributed by atoms with Crippen LogP contribution in [0.1, 0.15) is 52.5 Å². The molecule has 2 aliphatic rings. The lowest BCUT2D eigenvalue weighted by Gasteiger charge is -2.27. The van der Waals surface area contributed by atoms with Gasteiger partial charge in [-0.15, -0.1) is 0 Å². The summed E-state index contributed by atoms with van der Waals surface area (Å²) in [5, 5.41) is 0. The van der Waals surface area contributed by atoms with Crippen molar-refractivity contribution in [1.29, 1.82) is 0 Å². The number of hydrogen-bond acceptors (Lipinski definition) is 5. The average Bonchev–Trinajstić information content (AvgIpc) is 3.15. The molecule has 0 spiro atoms. The molecule has 1 aromatic heterocycles. The van der Waals surface area contributed by atoms with Gasteiger partial charge in [0.2, 0.25) is 5.95 Å². The van der Waals surface area contributed by atoms with Gasteiger partial charge in [0.25, 0.3) is 0 Å². The highest BCUT2D eigenvalue weighted by Crippen LogP contribution is 2.37. The van der Waals surface area contributed by atoms with Crippen LogP contribution in [-0.2, 0) is 6.42 Å². The molecule has 4 rings (SSSR count). The zero-order valence-corrected chi connectivity index (χ0v) is 14.8. The second-order valence-electron chi connectivity index (χ2n) is 6.90. The number of Topliss-reactive ketones (excluding diaryl/α,β-unsaturated/α-hetero) is 1. The molecule has 130 valence electrons. The minimum absolute atomic E-state index is 0.108. The molecule has 0 radical (unpaired) electrons. The molecule has 1 saturated heterocycles. The number of ether oxygens (including phenoxy) is 1. The van der Waals surface area contributed by atoms with Crippen LogP contribution in [0.2, 0.25) is 0 Å². The van der Waals surface area contributed by atoms with Gasteiger partial charge in [0.1, 0.15) is 5.75 Å². The van der Waals surface area contributed by atoms with Crippen molar-refractivity contribution in [2.24, 2.45) is 0 Å². The molecule has 1 aliphatic carbocycles. The van der Waals surface area contributed by atoms with E-state index in [0.29, 0.717) is 6.42 Å². The van der Waals surface area contributed by atoms with E-state index in [4.69, 9.17) is 9.72 Å². The molecule has 0 bridgehead atoms. The summed E-state index contributed by atoms with van der Waals surface area (Å²) < 4.78 is 5.50. The number of ketones is 1. The molecule has 1 aliphatic heterocycles. The van der Waals surface area contributed by atoms with E-state index in [1.807, 2.05) is 25.1 Å². The van der Waals surface area contributed by atoms with Gasteiger partial charge in [-0.3, -0.25) is 4.79 Å². The maximum absolute atomic E-state index is 12.8. The predicted molar refractivity (Wildman–Crippen MR) is 96.6 cm³/mol. The van der Waals surface area contributed by atoms with Crippen molar-refractivity contribution >= 4 is 11.7 Å². The van der Waals surface area contributed by atoms with Crippen molar-refractivity contribution in [2.75, 3.05) is 25.1 Å². The fraction of sp³-hybridized carbons (Fsp3) is 0.450. The molecule has 1 atom stereocenters. The Labute approximate surface area is 148 Å². The summed E-state index contributed by atoms with van der Waals surface area (Å²) in [5.74, 6) is 1.87. The number of hydrogen-bond donors (Lipinski definition) is 0.